The number of nitrogens with zero attached hydrogens (tertiary/aromatic N) is 3. The molecule has 0 fully saturated rings. The summed E-state index contributed by atoms with van der Waals surface area (Å²) in [6, 6.07) is 11.5. The SMILES string of the molecule is C=CCN(CCO)C(=O)Nc1cc(C)nn1Cc1ccccc1. The molecule has 6 heteroatoms. The smallest absolute Gasteiger partial charge is 0.323 e. The Kier molecular flexibility index (Phi) is 5.94. The van der Waals surface area contributed by atoms with Crippen molar-refractivity contribution in [1.82, 2.24) is 14.7 Å². The second kappa shape index (κ2) is 8.14. The average molecular weight is 314 g/mol. The Hall–Kier alpha value is -2.60. The van der Waals surface area contributed by atoms with Gasteiger partial charge in [0, 0.05) is 19.2 Å². The van der Waals surface area contributed by atoms with Gasteiger partial charge in [0.25, 0.3) is 0 Å². The Morgan fingerprint density at radius 2 is 2.17 bits per heavy atom. The van der Waals surface area contributed by atoms with Crippen molar-refractivity contribution >= 4 is 11.8 Å². The summed E-state index contributed by atoms with van der Waals surface area (Å²) in [6.45, 7) is 6.62. The third kappa shape index (κ3) is 4.69. The zero-order valence-corrected chi connectivity index (χ0v) is 13.3. The molecule has 2 N–H and O–H groups in total. The number of hydrogen-bond acceptors (Lipinski definition) is 3. The molecule has 2 rings (SSSR count). The van der Waals surface area contributed by atoms with Crippen LogP contribution in [0.25, 0.3) is 0 Å². The van der Waals surface area contributed by atoms with E-state index in [4.69, 9.17) is 5.11 Å². The van der Waals surface area contributed by atoms with Crippen molar-refractivity contribution in [3.05, 3.63) is 60.3 Å². The van der Waals surface area contributed by atoms with E-state index in [1.54, 1.807) is 10.8 Å². The number of carbonyl (C=O) groups is 1. The molecule has 0 radical (unpaired) electrons. The Labute approximate surface area is 136 Å². The number of rotatable bonds is 7. The second-order valence-corrected chi connectivity index (χ2v) is 5.20. The zero-order valence-electron chi connectivity index (χ0n) is 13.3. The summed E-state index contributed by atoms with van der Waals surface area (Å²) in [7, 11) is 0. The van der Waals surface area contributed by atoms with Crippen LogP contribution in [0.1, 0.15) is 11.3 Å². The molecular formula is C17H22N4O2. The summed E-state index contributed by atoms with van der Waals surface area (Å²) in [5.74, 6) is 0.628. The van der Waals surface area contributed by atoms with Gasteiger partial charge in [0.05, 0.1) is 18.8 Å². The number of amides is 2. The average Bonchev–Trinajstić information content (AvgIpc) is 2.87. The lowest BCUT2D eigenvalue weighted by molar-refractivity contribution is 0.195. The number of urea groups is 1. The van der Waals surface area contributed by atoms with E-state index < -0.39 is 0 Å². The highest BCUT2D eigenvalue weighted by Gasteiger charge is 2.15. The topological polar surface area (TPSA) is 70.4 Å². The molecule has 0 saturated carbocycles. The van der Waals surface area contributed by atoms with Crippen LogP contribution >= 0.6 is 0 Å². The minimum Gasteiger partial charge on any atom is -0.395 e. The molecule has 0 aliphatic heterocycles. The van der Waals surface area contributed by atoms with Gasteiger partial charge in [-0.05, 0) is 12.5 Å². The van der Waals surface area contributed by atoms with Crippen LogP contribution in [0.5, 0.6) is 0 Å². The minimum atomic E-state index is -0.284. The highest BCUT2D eigenvalue weighted by atomic mass is 16.3. The number of hydrogen-bond donors (Lipinski definition) is 2. The van der Waals surface area contributed by atoms with E-state index in [1.165, 1.54) is 4.90 Å². The van der Waals surface area contributed by atoms with Crippen molar-refractivity contribution in [2.75, 3.05) is 25.0 Å². The van der Waals surface area contributed by atoms with Gasteiger partial charge in [-0.3, -0.25) is 5.32 Å². The lowest BCUT2D eigenvalue weighted by Gasteiger charge is -2.20. The quantitative estimate of drug-likeness (QED) is 0.770. The predicted molar refractivity (Wildman–Crippen MR) is 90.4 cm³/mol. The second-order valence-electron chi connectivity index (χ2n) is 5.20. The molecule has 1 aromatic carbocycles. The first kappa shape index (κ1) is 16.8. The van der Waals surface area contributed by atoms with Crippen LogP contribution in [0.15, 0.2) is 49.1 Å². The highest BCUT2D eigenvalue weighted by Crippen LogP contribution is 2.13. The number of aromatic nitrogens is 2. The maximum Gasteiger partial charge on any atom is 0.323 e. The largest absolute Gasteiger partial charge is 0.395 e. The van der Waals surface area contributed by atoms with Crippen LogP contribution < -0.4 is 5.32 Å². The molecule has 2 aromatic rings. The van der Waals surface area contributed by atoms with E-state index in [-0.39, 0.29) is 19.2 Å². The van der Waals surface area contributed by atoms with Gasteiger partial charge in [0.15, 0.2) is 0 Å². The number of benzene rings is 1. The molecule has 6 nitrogen and oxygen atoms in total. The molecule has 0 atom stereocenters. The van der Waals surface area contributed by atoms with Crippen molar-refractivity contribution in [3.8, 4) is 0 Å². The van der Waals surface area contributed by atoms with Crippen molar-refractivity contribution in [2.24, 2.45) is 0 Å². The standard InChI is InChI=1S/C17H22N4O2/c1-3-9-20(10-11-22)17(23)18-16-12-14(2)19-21(16)13-15-7-5-4-6-8-15/h3-8,12,22H,1,9-11,13H2,2H3,(H,18,23). The Morgan fingerprint density at radius 1 is 1.43 bits per heavy atom. The first-order chi connectivity index (χ1) is 11.1. The van der Waals surface area contributed by atoms with Gasteiger partial charge in [0.1, 0.15) is 5.82 Å². The molecule has 0 aliphatic carbocycles. The lowest BCUT2D eigenvalue weighted by atomic mass is 10.2. The predicted octanol–water partition coefficient (Wildman–Crippen LogP) is 2.25. The molecule has 0 saturated heterocycles. The molecule has 23 heavy (non-hydrogen) atoms. The lowest BCUT2D eigenvalue weighted by Crippen LogP contribution is -2.37. The third-order valence-electron chi connectivity index (χ3n) is 3.32. The van der Waals surface area contributed by atoms with E-state index in [2.05, 4.69) is 17.0 Å². The molecule has 1 aromatic heterocycles. The maximum atomic E-state index is 12.3. The van der Waals surface area contributed by atoms with E-state index in [0.717, 1.165) is 11.3 Å². The number of nitrogens with one attached hydrogen (secondary N) is 1. The van der Waals surface area contributed by atoms with Gasteiger partial charge in [0.2, 0.25) is 0 Å². The molecule has 2 amide bonds. The Balaban J connectivity index is 2.13. The fourth-order valence-corrected chi connectivity index (χ4v) is 2.26. The van der Waals surface area contributed by atoms with Crippen LogP contribution in [0.2, 0.25) is 0 Å². The van der Waals surface area contributed by atoms with Crippen LogP contribution in [-0.2, 0) is 6.54 Å². The normalized spacial score (nSPS) is 10.3. The summed E-state index contributed by atoms with van der Waals surface area (Å²) < 4.78 is 1.76. The van der Waals surface area contributed by atoms with Crippen molar-refractivity contribution in [3.63, 3.8) is 0 Å². The number of carbonyl (C=O) groups excluding carboxylic acids is 1. The Morgan fingerprint density at radius 3 is 2.83 bits per heavy atom. The van der Waals surface area contributed by atoms with Crippen LogP contribution in [0, 0.1) is 6.92 Å². The van der Waals surface area contributed by atoms with E-state index in [0.29, 0.717) is 18.9 Å². The summed E-state index contributed by atoms with van der Waals surface area (Å²) in [6.07, 6.45) is 1.63. The van der Waals surface area contributed by atoms with Crippen LogP contribution in [0.3, 0.4) is 0 Å². The van der Waals surface area contributed by atoms with E-state index >= 15 is 0 Å². The summed E-state index contributed by atoms with van der Waals surface area (Å²) in [4.78, 5) is 13.8. The summed E-state index contributed by atoms with van der Waals surface area (Å²) >= 11 is 0. The molecule has 0 spiro atoms. The summed E-state index contributed by atoms with van der Waals surface area (Å²) in [5, 5.41) is 16.3. The van der Waals surface area contributed by atoms with Crippen molar-refractivity contribution in [2.45, 2.75) is 13.5 Å². The number of anilines is 1. The summed E-state index contributed by atoms with van der Waals surface area (Å²) in [5.41, 5.74) is 1.93. The number of aliphatic hydroxyl groups is 1. The van der Waals surface area contributed by atoms with Gasteiger partial charge in [-0.2, -0.15) is 5.10 Å². The monoisotopic (exact) mass is 314 g/mol. The van der Waals surface area contributed by atoms with Crippen molar-refractivity contribution < 1.29 is 9.90 Å². The molecule has 122 valence electrons. The fourth-order valence-electron chi connectivity index (χ4n) is 2.26. The molecule has 0 aliphatic rings. The van der Waals surface area contributed by atoms with Crippen LogP contribution in [-0.4, -0.2) is 45.5 Å². The molecular weight excluding hydrogens is 292 g/mol. The fraction of sp³-hybridized carbons (Fsp3) is 0.294. The van der Waals surface area contributed by atoms with Gasteiger partial charge in [-0.1, -0.05) is 36.4 Å². The molecule has 1 heterocycles. The van der Waals surface area contributed by atoms with Gasteiger partial charge in [-0.25, -0.2) is 9.48 Å². The zero-order chi connectivity index (χ0) is 16.7. The molecule has 0 bridgehead atoms. The maximum absolute atomic E-state index is 12.3. The van der Waals surface area contributed by atoms with E-state index in [9.17, 15) is 4.79 Å². The Bertz CT molecular complexity index is 652. The third-order valence-corrected chi connectivity index (χ3v) is 3.32. The van der Waals surface area contributed by atoms with Crippen molar-refractivity contribution in [1.29, 1.82) is 0 Å². The van der Waals surface area contributed by atoms with Gasteiger partial charge in [-0.15, -0.1) is 6.58 Å². The number of aryl methyl sites for hydroxylation is 1. The first-order valence-electron chi connectivity index (χ1n) is 7.50. The van der Waals surface area contributed by atoms with Crippen LogP contribution in [0.4, 0.5) is 10.6 Å². The van der Waals surface area contributed by atoms with E-state index in [1.807, 2.05) is 43.3 Å². The van der Waals surface area contributed by atoms with Gasteiger partial charge < -0.3 is 10.0 Å². The molecule has 0 unspecified atom stereocenters. The minimum absolute atomic E-state index is 0.0937. The highest BCUT2D eigenvalue weighted by molar-refractivity contribution is 5.88. The van der Waals surface area contributed by atoms with Gasteiger partial charge >= 0.3 is 6.03 Å². The first-order valence-corrected chi connectivity index (χ1v) is 7.50. The number of aliphatic hydroxyl groups excluding tert-OH is 1.